The van der Waals surface area contributed by atoms with E-state index in [0.717, 1.165) is 16.7 Å². The Balaban J connectivity index is 1.15. The second kappa shape index (κ2) is 33.3. The molecular formula is C65H75N7O13. The molecule has 0 radical (unpaired) electrons. The summed E-state index contributed by atoms with van der Waals surface area (Å²) in [6.07, 6.45) is 6.37. The first-order valence-corrected chi connectivity index (χ1v) is 28.3. The first kappa shape index (κ1) is 63.5. The lowest BCUT2D eigenvalue weighted by atomic mass is 9.83. The topological polar surface area (TPSA) is 238 Å². The Kier molecular flexibility index (Phi) is 24.8. The van der Waals surface area contributed by atoms with Crippen LogP contribution in [0.3, 0.4) is 0 Å². The van der Waals surface area contributed by atoms with Crippen molar-refractivity contribution in [3.63, 3.8) is 0 Å². The highest BCUT2D eigenvalue weighted by Crippen LogP contribution is 2.28. The van der Waals surface area contributed by atoms with E-state index in [1.807, 2.05) is 91.0 Å². The molecule has 0 aliphatic rings. The molecule has 0 unspecified atom stereocenters. The number of ether oxygens (including phenoxy) is 6. The average Bonchev–Trinajstić information content (AvgIpc) is 3.29. The first-order valence-electron chi connectivity index (χ1n) is 28.3. The number of benzene rings is 4. The van der Waals surface area contributed by atoms with Crippen molar-refractivity contribution >= 4 is 23.6 Å². The molecule has 0 aliphatic carbocycles. The summed E-state index contributed by atoms with van der Waals surface area (Å²) < 4.78 is 39.1. The number of methoxy groups -OCH3 is 3. The summed E-state index contributed by atoms with van der Waals surface area (Å²) in [5, 5.41) is 12.3. The number of amides is 4. The maximum absolute atomic E-state index is 14.4. The second-order valence-corrected chi connectivity index (χ2v) is 20.1. The molecule has 0 fully saturated rings. The molecule has 0 saturated heterocycles. The number of nitrogens with one attached hydrogen (secondary N) is 4. The Morgan fingerprint density at radius 1 is 0.400 bits per heavy atom. The molecule has 4 N–H and O–H groups in total. The lowest BCUT2D eigenvalue weighted by Gasteiger charge is -2.36. The first-order chi connectivity index (χ1) is 41.4. The standard InChI is InChI=1S/C65H75N7O13/c1-80-42-39-70-36-27-52(73)58(83-45-48-19-8-4-9-20-48)55(70)62(77)66-33-16-30-65(69-61(76)51-25-14-7-15-26-51,31-17-34-67-63(78)56-59(84-46-49-21-10-5-11-22-49)53(74)28-37-71(56)40-43-81-2)32-18-35-68-64(79)57-60(85-47-50-23-12-6-13-24-50)54(75)29-38-72(57)41-44-82-3/h4-15,19-29,36-38H,16-18,30-35,39-47H2,1-3H3,(H,66,77)(H,67,78)(H,68,79)(H,69,76). The van der Waals surface area contributed by atoms with Crippen molar-refractivity contribution in [1.82, 2.24) is 35.0 Å². The lowest BCUT2D eigenvalue weighted by Crippen LogP contribution is -2.50. The van der Waals surface area contributed by atoms with E-state index in [-0.39, 0.29) is 138 Å². The van der Waals surface area contributed by atoms with E-state index in [1.165, 1.54) is 58.1 Å². The Labute approximate surface area is 494 Å². The monoisotopic (exact) mass is 1160 g/mol. The Bertz CT molecular complexity index is 3130. The van der Waals surface area contributed by atoms with Crippen LogP contribution in [0.1, 0.15) is 97.0 Å². The second-order valence-electron chi connectivity index (χ2n) is 20.1. The van der Waals surface area contributed by atoms with E-state index >= 15 is 0 Å². The minimum Gasteiger partial charge on any atom is -0.483 e. The van der Waals surface area contributed by atoms with Gasteiger partial charge in [0, 0.05) is 108 Å². The molecule has 20 nitrogen and oxygen atoms in total. The molecule has 20 heteroatoms. The zero-order valence-corrected chi connectivity index (χ0v) is 48.4. The molecule has 0 bridgehead atoms. The summed E-state index contributed by atoms with van der Waals surface area (Å²) in [7, 11) is 4.61. The van der Waals surface area contributed by atoms with E-state index in [1.54, 1.807) is 44.0 Å². The van der Waals surface area contributed by atoms with E-state index in [2.05, 4.69) is 21.3 Å². The highest BCUT2D eigenvalue weighted by molar-refractivity contribution is 5.97. The molecule has 3 aromatic heterocycles. The summed E-state index contributed by atoms with van der Waals surface area (Å²) >= 11 is 0. The van der Waals surface area contributed by atoms with Crippen LogP contribution >= 0.6 is 0 Å². The number of hydrogen-bond donors (Lipinski definition) is 4. The van der Waals surface area contributed by atoms with E-state index in [4.69, 9.17) is 28.4 Å². The minimum absolute atomic E-state index is 0.0231. The van der Waals surface area contributed by atoms with Crippen LogP contribution in [0.2, 0.25) is 0 Å². The van der Waals surface area contributed by atoms with Crippen molar-refractivity contribution in [3.8, 4) is 17.2 Å². The average molecular weight is 1160 g/mol. The fourth-order valence-corrected chi connectivity index (χ4v) is 9.70. The van der Waals surface area contributed by atoms with Gasteiger partial charge in [0.2, 0.25) is 16.3 Å². The number of rotatable bonds is 35. The highest BCUT2D eigenvalue weighted by Gasteiger charge is 2.33. The molecule has 4 aromatic carbocycles. The third-order valence-corrected chi connectivity index (χ3v) is 14.1. The van der Waals surface area contributed by atoms with Gasteiger partial charge in [-0.2, -0.15) is 0 Å². The fraction of sp³-hybridized carbons (Fsp3) is 0.338. The van der Waals surface area contributed by atoms with Gasteiger partial charge in [-0.1, -0.05) is 109 Å². The number of aromatic nitrogens is 3. The Morgan fingerprint density at radius 2 is 0.694 bits per heavy atom. The summed E-state index contributed by atoms with van der Waals surface area (Å²) in [6.45, 7) is 1.89. The van der Waals surface area contributed by atoms with Gasteiger partial charge in [0.25, 0.3) is 23.6 Å². The smallest absolute Gasteiger partial charge is 0.271 e. The number of carbonyl (C=O) groups excluding carboxylic acids is 4. The predicted octanol–water partition coefficient (Wildman–Crippen LogP) is 6.95. The quantitative estimate of drug-likeness (QED) is 0.0295. The highest BCUT2D eigenvalue weighted by atomic mass is 16.5. The molecule has 7 aromatic rings. The van der Waals surface area contributed by atoms with Crippen LogP contribution in [0, 0.1) is 0 Å². The van der Waals surface area contributed by atoms with Crippen molar-refractivity contribution < 1.29 is 47.6 Å². The molecule has 448 valence electrons. The molecule has 0 atom stereocenters. The van der Waals surface area contributed by atoms with Crippen LogP contribution in [-0.4, -0.2) is 104 Å². The number of nitrogens with zero attached hydrogens (tertiary/aromatic N) is 3. The van der Waals surface area contributed by atoms with Crippen LogP contribution < -0.4 is 51.8 Å². The molecule has 3 heterocycles. The minimum atomic E-state index is -1.04. The van der Waals surface area contributed by atoms with Gasteiger partial charge >= 0.3 is 0 Å². The van der Waals surface area contributed by atoms with E-state index in [0.29, 0.717) is 24.8 Å². The lowest BCUT2D eigenvalue weighted by molar-refractivity contribution is 0.0855. The zero-order valence-electron chi connectivity index (χ0n) is 48.4. The van der Waals surface area contributed by atoms with Gasteiger partial charge in [0.1, 0.15) is 19.8 Å². The third-order valence-electron chi connectivity index (χ3n) is 14.1. The summed E-state index contributed by atoms with van der Waals surface area (Å²) in [5.41, 5.74) is 0.401. The third kappa shape index (κ3) is 18.7. The maximum atomic E-state index is 14.4. The zero-order chi connectivity index (χ0) is 60.2. The van der Waals surface area contributed by atoms with E-state index < -0.39 is 39.5 Å². The SMILES string of the molecule is COCCn1ccc(=O)c(OCc2ccccc2)c1C(=O)NCCCC(CCCNC(=O)c1c(OCc2ccccc2)c(=O)ccn1CCOC)(CCCNC(=O)c1c(OCc2ccccc2)c(=O)ccn1CCOC)NC(=O)c1ccccc1. The number of hydrogen-bond acceptors (Lipinski definition) is 13. The number of carbonyl (C=O) groups is 4. The van der Waals surface area contributed by atoms with Crippen molar-refractivity contribution in [1.29, 1.82) is 0 Å². The molecule has 0 spiro atoms. The van der Waals surface area contributed by atoms with Crippen LogP contribution in [0.25, 0.3) is 0 Å². The summed E-state index contributed by atoms with van der Waals surface area (Å²) in [4.78, 5) is 97.7. The van der Waals surface area contributed by atoms with Crippen molar-refractivity contribution in [2.24, 2.45) is 0 Å². The fourth-order valence-electron chi connectivity index (χ4n) is 9.70. The Hall–Kier alpha value is -9.11. The van der Waals surface area contributed by atoms with Gasteiger partial charge in [-0.25, -0.2) is 0 Å². The van der Waals surface area contributed by atoms with Gasteiger partial charge in [0.15, 0.2) is 34.3 Å². The van der Waals surface area contributed by atoms with Gasteiger partial charge in [-0.3, -0.25) is 33.6 Å². The summed E-state index contributed by atoms with van der Waals surface area (Å²) in [5.74, 6) is -2.40. The van der Waals surface area contributed by atoms with E-state index in [9.17, 15) is 33.6 Å². The van der Waals surface area contributed by atoms with Crippen molar-refractivity contribution in [2.45, 2.75) is 83.5 Å². The molecule has 4 amide bonds. The number of pyridine rings is 3. The van der Waals surface area contributed by atoms with Gasteiger partial charge in [0.05, 0.1) is 19.8 Å². The van der Waals surface area contributed by atoms with Gasteiger partial charge < -0.3 is 63.4 Å². The van der Waals surface area contributed by atoms with Gasteiger partial charge in [-0.15, -0.1) is 0 Å². The van der Waals surface area contributed by atoms with Crippen molar-refractivity contribution in [3.05, 3.63) is 228 Å². The largest absolute Gasteiger partial charge is 0.483 e. The van der Waals surface area contributed by atoms with Crippen molar-refractivity contribution in [2.75, 3.05) is 60.8 Å². The molecule has 85 heavy (non-hydrogen) atoms. The molecule has 0 saturated carbocycles. The van der Waals surface area contributed by atoms with Gasteiger partial charge in [-0.05, 0) is 67.3 Å². The Morgan fingerprint density at radius 3 is 0.988 bits per heavy atom. The maximum Gasteiger partial charge on any atom is 0.271 e. The summed E-state index contributed by atoms with van der Waals surface area (Å²) in [6, 6.07) is 40.6. The van der Waals surface area contributed by atoms with Crippen LogP contribution in [0.15, 0.2) is 173 Å². The van der Waals surface area contributed by atoms with Crippen LogP contribution in [-0.2, 0) is 53.7 Å². The van der Waals surface area contributed by atoms with Crippen LogP contribution in [0.4, 0.5) is 0 Å². The molecule has 7 rings (SSSR count). The molecular weight excluding hydrogens is 1090 g/mol. The normalized spacial score (nSPS) is 11.1. The predicted molar refractivity (Wildman–Crippen MR) is 321 cm³/mol. The van der Waals surface area contributed by atoms with Crippen LogP contribution in [0.5, 0.6) is 17.2 Å². The molecule has 0 aliphatic heterocycles.